The summed E-state index contributed by atoms with van der Waals surface area (Å²) >= 11 is 1.77. The van der Waals surface area contributed by atoms with Crippen LogP contribution < -0.4 is 10.6 Å². The zero-order valence-electron chi connectivity index (χ0n) is 11.5. The third kappa shape index (κ3) is 5.08. The fraction of sp³-hybridized carbons (Fsp3) is 0.417. The number of aryl methyl sites for hydroxylation is 1. The maximum Gasteiger partial charge on any atom is 0.191 e. The molecule has 0 radical (unpaired) electrons. The summed E-state index contributed by atoms with van der Waals surface area (Å²) in [5.41, 5.74) is 0. The predicted molar refractivity (Wildman–Crippen MR) is 92.6 cm³/mol. The van der Waals surface area contributed by atoms with E-state index in [1.165, 1.54) is 4.88 Å². The number of rotatable bonds is 5. The lowest BCUT2D eigenvalue weighted by atomic mass is 10.3. The summed E-state index contributed by atoms with van der Waals surface area (Å²) in [7, 11) is 3.68. The molecule has 0 bridgehead atoms. The lowest BCUT2D eigenvalue weighted by Crippen LogP contribution is -2.38. The van der Waals surface area contributed by atoms with Crippen LogP contribution in [0.4, 0.5) is 0 Å². The van der Waals surface area contributed by atoms with Crippen LogP contribution in [0.2, 0.25) is 0 Å². The Morgan fingerprint density at radius 2 is 2.30 bits per heavy atom. The zero-order chi connectivity index (χ0) is 13.5. The summed E-state index contributed by atoms with van der Waals surface area (Å²) in [5.74, 6) is 1.65. The largest absolute Gasteiger partial charge is 0.356 e. The quantitative estimate of drug-likeness (QED) is 0.448. The highest BCUT2D eigenvalue weighted by Gasteiger charge is 2.02. The average Bonchev–Trinajstić information content (AvgIpc) is 3.05. The molecule has 2 rings (SSSR count). The van der Waals surface area contributed by atoms with Crippen molar-refractivity contribution >= 4 is 41.3 Å². The van der Waals surface area contributed by atoms with E-state index in [2.05, 4.69) is 43.3 Å². The molecule has 0 aliphatic carbocycles. The van der Waals surface area contributed by atoms with Gasteiger partial charge in [-0.3, -0.25) is 4.99 Å². The molecule has 0 aliphatic rings. The van der Waals surface area contributed by atoms with Gasteiger partial charge in [0.1, 0.15) is 6.33 Å². The second kappa shape index (κ2) is 8.90. The van der Waals surface area contributed by atoms with Crippen LogP contribution >= 0.6 is 35.3 Å². The van der Waals surface area contributed by atoms with Gasteiger partial charge in [-0.05, 0) is 17.9 Å². The molecule has 0 unspecified atom stereocenters. The van der Waals surface area contributed by atoms with Crippen LogP contribution in [0, 0.1) is 0 Å². The van der Waals surface area contributed by atoms with Crippen molar-refractivity contribution in [1.29, 1.82) is 0 Å². The van der Waals surface area contributed by atoms with Crippen molar-refractivity contribution < 1.29 is 0 Å². The summed E-state index contributed by atoms with van der Waals surface area (Å²) in [4.78, 5) is 5.55. The molecular formula is C12H19IN6S. The number of aliphatic imine (C=N–C) groups is 1. The fourth-order valence-corrected chi connectivity index (χ4v) is 2.32. The van der Waals surface area contributed by atoms with Gasteiger partial charge >= 0.3 is 0 Å². The van der Waals surface area contributed by atoms with E-state index in [1.807, 2.05) is 11.6 Å². The molecule has 0 spiro atoms. The van der Waals surface area contributed by atoms with Crippen molar-refractivity contribution in [2.24, 2.45) is 12.0 Å². The van der Waals surface area contributed by atoms with Crippen molar-refractivity contribution in [3.63, 3.8) is 0 Å². The first kappa shape index (κ1) is 16.9. The normalized spacial score (nSPS) is 11.0. The van der Waals surface area contributed by atoms with Crippen LogP contribution in [0.15, 0.2) is 28.8 Å². The number of thiophene rings is 1. The minimum atomic E-state index is 0. The minimum absolute atomic E-state index is 0. The molecule has 0 saturated carbocycles. The molecule has 0 amide bonds. The molecule has 20 heavy (non-hydrogen) atoms. The Morgan fingerprint density at radius 1 is 1.45 bits per heavy atom. The summed E-state index contributed by atoms with van der Waals surface area (Å²) in [6.07, 6.45) is 2.69. The third-order valence-corrected chi connectivity index (χ3v) is 3.62. The van der Waals surface area contributed by atoms with Crippen molar-refractivity contribution in [3.8, 4) is 0 Å². The topological polar surface area (TPSA) is 67.1 Å². The maximum absolute atomic E-state index is 4.18. The van der Waals surface area contributed by atoms with E-state index in [-0.39, 0.29) is 24.0 Å². The number of hydrogen-bond acceptors (Lipinski definition) is 4. The predicted octanol–water partition coefficient (Wildman–Crippen LogP) is 1.40. The highest BCUT2D eigenvalue weighted by Crippen LogP contribution is 2.07. The van der Waals surface area contributed by atoms with Gasteiger partial charge in [0.05, 0.1) is 6.54 Å². The van der Waals surface area contributed by atoms with E-state index in [0.29, 0.717) is 6.54 Å². The number of guanidine groups is 1. The molecule has 0 fully saturated rings. The van der Waals surface area contributed by atoms with Crippen LogP contribution in [0.3, 0.4) is 0 Å². The Hall–Kier alpha value is -1.16. The van der Waals surface area contributed by atoms with Crippen LogP contribution in [-0.2, 0) is 20.0 Å². The molecule has 2 N–H and O–H groups in total. The molecule has 0 aromatic carbocycles. The smallest absolute Gasteiger partial charge is 0.191 e. The number of halogens is 1. The van der Waals surface area contributed by atoms with Gasteiger partial charge in [0.2, 0.25) is 0 Å². The van der Waals surface area contributed by atoms with E-state index in [0.717, 1.165) is 24.7 Å². The Labute approximate surface area is 139 Å². The second-order valence-corrected chi connectivity index (χ2v) is 5.07. The van der Waals surface area contributed by atoms with Gasteiger partial charge < -0.3 is 15.2 Å². The van der Waals surface area contributed by atoms with E-state index >= 15 is 0 Å². The highest BCUT2D eigenvalue weighted by atomic mass is 127. The Bertz CT molecular complexity index is 522. The number of hydrogen-bond donors (Lipinski definition) is 2. The van der Waals surface area contributed by atoms with Crippen LogP contribution in [-0.4, -0.2) is 34.3 Å². The molecular weight excluding hydrogens is 387 g/mol. The first-order chi connectivity index (χ1) is 9.29. The van der Waals surface area contributed by atoms with Crippen LogP contribution in [0.25, 0.3) is 0 Å². The Kier molecular flexibility index (Phi) is 7.52. The molecule has 0 aliphatic heterocycles. The van der Waals surface area contributed by atoms with Gasteiger partial charge in [-0.15, -0.1) is 45.5 Å². The van der Waals surface area contributed by atoms with E-state index in [1.54, 1.807) is 24.7 Å². The van der Waals surface area contributed by atoms with Crippen LogP contribution in [0.1, 0.15) is 10.7 Å². The van der Waals surface area contributed by atoms with E-state index < -0.39 is 0 Å². The summed E-state index contributed by atoms with van der Waals surface area (Å²) < 4.78 is 1.88. The number of aromatic nitrogens is 3. The standard InChI is InChI=1S/C12H18N6S.HI/c1-13-12(14-6-5-10-4-3-7-19-10)15-8-11-17-16-9-18(11)2;/h3-4,7,9H,5-6,8H2,1-2H3,(H2,13,14,15);1H. The number of nitrogens with zero attached hydrogens (tertiary/aromatic N) is 4. The highest BCUT2D eigenvalue weighted by molar-refractivity contribution is 14.0. The first-order valence-electron chi connectivity index (χ1n) is 6.09. The molecule has 2 heterocycles. The van der Waals surface area contributed by atoms with Crippen LogP contribution in [0.5, 0.6) is 0 Å². The molecule has 2 aromatic heterocycles. The molecule has 2 aromatic rings. The van der Waals surface area contributed by atoms with Gasteiger partial charge in [0.15, 0.2) is 11.8 Å². The molecule has 110 valence electrons. The van der Waals surface area contributed by atoms with Crippen molar-refractivity contribution in [2.75, 3.05) is 13.6 Å². The molecule has 0 saturated heterocycles. The van der Waals surface area contributed by atoms with Gasteiger partial charge in [-0.2, -0.15) is 0 Å². The van der Waals surface area contributed by atoms with E-state index in [9.17, 15) is 0 Å². The van der Waals surface area contributed by atoms with Crippen molar-refractivity contribution in [2.45, 2.75) is 13.0 Å². The monoisotopic (exact) mass is 406 g/mol. The lowest BCUT2D eigenvalue weighted by Gasteiger charge is -2.10. The lowest BCUT2D eigenvalue weighted by molar-refractivity contribution is 0.724. The fourth-order valence-electron chi connectivity index (χ4n) is 1.61. The number of nitrogens with one attached hydrogen (secondary N) is 2. The summed E-state index contributed by atoms with van der Waals surface area (Å²) in [5, 5.41) is 16.4. The van der Waals surface area contributed by atoms with Crippen molar-refractivity contribution in [1.82, 2.24) is 25.4 Å². The van der Waals surface area contributed by atoms with Gasteiger partial charge in [-0.25, -0.2) is 0 Å². The Balaban J connectivity index is 0.00000200. The van der Waals surface area contributed by atoms with Crippen molar-refractivity contribution in [3.05, 3.63) is 34.5 Å². The third-order valence-electron chi connectivity index (χ3n) is 2.69. The molecule has 8 heteroatoms. The summed E-state index contributed by atoms with van der Waals surface area (Å²) in [6.45, 7) is 1.47. The van der Waals surface area contributed by atoms with Gasteiger partial charge in [0, 0.05) is 25.5 Å². The summed E-state index contributed by atoms with van der Waals surface area (Å²) in [6, 6.07) is 4.21. The Morgan fingerprint density at radius 3 is 2.90 bits per heavy atom. The SMILES string of the molecule is CN=C(NCCc1cccs1)NCc1nncn1C.I. The average molecular weight is 406 g/mol. The first-order valence-corrected chi connectivity index (χ1v) is 6.97. The maximum atomic E-state index is 4.18. The zero-order valence-corrected chi connectivity index (χ0v) is 14.7. The van der Waals surface area contributed by atoms with E-state index in [4.69, 9.17) is 0 Å². The molecule has 6 nitrogen and oxygen atoms in total. The second-order valence-electron chi connectivity index (χ2n) is 4.04. The van der Waals surface area contributed by atoms with Gasteiger partial charge in [-0.1, -0.05) is 6.07 Å². The van der Waals surface area contributed by atoms with Gasteiger partial charge in [0.25, 0.3) is 0 Å². The molecule has 0 atom stereocenters. The minimum Gasteiger partial charge on any atom is -0.356 e.